The van der Waals surface area contributed by atoms with Gasteiger partial charge in [-0.25, -0.2) is 4.39 Å². The molecule has 1 saturated carbocycles. The normalized spacial score (nSPS) is 17.8. The second kappa shape index (κ2) is 6.84. The average Bonchev–Trinajstić information content (AvgIpc) is 2.45. The lowest BCUT2D eigenvalue weighted by molar-refractivity contribution is 0.0911. The first-order valence-corrected chi connectivity index (χ1v) is 7.39. The van der Waals surface area contributed by atoms with Gasteiger partial charge in [-0.1, -0.05) is 25.3 Å². The summed E-state index contributed by atoms with van der Waals surface area (Å²) in [5.41, 5.74) is 6.69. The maximum Gasteiger partial charge on any atom is 0.254 e. The zero-order valence-electron chi connectivity index (χ0n) is 12.0. The minimum absolute atomic E-state index is 0.0523. The maximum atomic E-state index is 13.8. The van der Waals surface area contributed by atoms with E-state index < -0.39 is 5.82 Å². The van der Waals surface area contributed by atoms with Crippen LogP contribution in [0.1, 0.15) is 48.0 Å². The van der Waals surface area contributed by atoms with Gasteiger partial charge < -0.3 is 11.1 Å². The Morgan fingerprint density at radius 1 is 1.40 bits per heavy atom. The van der Waals surface area contributed by atoms with Crippen LogP contribution in [0.4, 0.5) is 4.39 Å². The second-order valence-corrected chi connectivity index (χ2v) is 5.70. The van der Waals surface area contributed by atoms with Crippen molar-refractivity contribution in [2.75, 3.05) is 6.54 Å². The van der Waals surface area contributed by atoms with E-state index in [4.69, 9.17) is 5.73 Å². The Labute approximate surface area is 119 Å². The van der Waals surface area contributed by atoms with Gasteiger partial charge in [-0.15, -0.1) is 0 Å². The number of nitrogens with one attached hydrogen (secondary N) is 1. The molecule has 4 heteroatoms. The van der Waals surface area contributed by atoms with Gasteiger partial charge in [-0.2, -0.15) is 0 Å². The van der Waals surface area contributed by atoms with Gasteiger partial charge >= 0.3 is 0 Å². The van der Waals surface area contributed by atoms with Crippen LogP contribution in [0, 0.1) is 18.7 Å². The summed E-state index contributed by atoms with van der Waals surface area (Å²) in [7, 11) is 0. The molecule has 1 amide bonds. The molecule has 2 rings (SSSR count). The maximum absolute atomic E-state index is 13.8. The number of carbonyl (C=O) groups is 1. The Kier molecular flexibility index (Phi) is 5.12. The highest BCUT2D eigenvalue weighted by molar-refractivity contribution is 5.94. The van der Waals surface area contributed by atoms with E-state index in [2.05, 4.69) is 5.32 Å². The van der Waals surface area contributed by atoms with E-state index in [1.165, 1.54) is 31.4 Å². The summed E-state index contributed by atoms with van der Waals surface area (Å²) >= 11 is 0. The van der Waals surface area contributed by atoms with Gasteiger partial charge in [0.1, 0.15) is 5.82 Å². The van der Waals surface area contributed by atoms with Crippen LogP contribution in [0.5, 0.6) is 0 Å². The summed E-state index contributed by atoms with van der Waals surface area (Å²) in [5, 5.41) is 2.91. The van der Waals surface area contributed by atoms with Crippen molar-refractivity contribution in [3.05, 3.63) is 35.1 Å². The van der Waals surface area contributed by atoms with Crippen molar-refractivity contribution in [2.45, 2.75) is 45.1 Å². The SMILES string of the molecule is Cc1ccc(C(=O)NC(CN)C2CCCCC2)c(F)c1. The Morgan fingerprint density at radius 2 is 2.10 bits per heavy atom. The fraction of sp³-hybridized carbons (Fsp3) is 0.562. The van der Waals surface area contributed by atoms with Crippen LogP contribution in [-0.4, -0.2) is 18.5 Å². The van der Waals surface area contributed by atoms with Crippen LogP contribution < -0.4 is 11.1 Å². The van der Waals surface area contributed by atoms with Crippen molar-refractivity contribution in [1.29, 1.82) is 0 Å². The second-order valence-electron chi connectivity index (χ2n) is 5.70. The number of amides is 1. The van der Waals surface area contributed by atoms with Crippen LogP contribution in [0.15, 0.2) is 18.2 Å². The molecule has 1 aliphatic carbocycles. The molecule has 0 radical (unpaired) electrons. The van der Waals surface area contributed by atoms with Crippen LogP contribution in [0.25, 0.3) is 0 Å². The van der Waals surface area contributed by atoms with Crippen LogP contribution in [-0.2, 0) is 0 Å². The molecule has 1 aliphatic rings. The lowest BCUT2D eigenvalue weighted by Gasteiger charge is -2.30. The molecule has 1 unspecified atom stereocenters. The summed E-state index contributed by atoms with van der Waals surface area (Å²) in [4.78, 5) is 12.2. The predicted octanol–water partition coefficient (Wildman–Crippen LogP) is 2.77. The minimum Gasteiger partial charge on any atom is -0.348 e. The molecule has 0 heterocycles. The molecular formula is C16H23FN2O. The number of hydrogen-bond acceptors (Lipinski definition) is 2. The topological polar surface area (TPSA) is 55.1 Å². The fourth-order valence-electron chi connectivity index (χ4n) is 2.96. The van der Waals surface area contributed by atoms with E-state index in [0.29, 0.717) is 12.5 Å². The van der Waals surface area contributed by atoms with Gasteiger partial charge in [-0.05, 0) is 43.4 Å². The minimum atomic E-state index is -0.470. The van der Waals surface area contributed by atoms with Gasteiger partial charge in [0.05, 0.1) is 5.56 Å². The molecule has 0 saturated heterocycles. The number of rotatable bonds is 4. The molecule has 1 atom stereocenters. The van der Waals surface area contributed by atoms with Crippen LogP contribution >= 0.6 is 0 Å². The Bertz CT molecular complexity index is 470. The Balaban J connectivity index is 2.04. The number of halogens is 1. The zero-order valence-corrected chi connectivity index (χ0v) is 12.0. The van der Waals surface area contributed by atoms with Crippen molar-refractivity contribution >= 4 is 5.91 Å². The van der Waals surface area contributed by atoms with Crippen LogP contribution in [0.3, 0.4) is 0 Å². The molecule has 0 aliphatic heterocycles. The molecular weight excluding hydrogens is 255 g/mol. The number of hydrogen-bond donors (Lipinski definition) is 2. The van der Waals surface area contributed by atoms with E-state index in [-0.39, 0.29) is 17.5 Å². The standard InChI is InChI=1S/C16H23FN2O/c1-11-7-8-13(14(17)9-11)16(20)19-15(10-18)12-5-3-2-4-6-12/h7-9,12,15H,2-6,10,18H2,1H3,(H,19,20). The van der Waals surface area contributed by atoms with E-state index in [0.717, 1.165) is 18.4 Å². The van der Waals surface area contributed by atoms with Crippen molar-refractivity contribution in [1.82, 2.24) is 5.32 Å². The molecule has 3 N–H and O–H groups in total. The molecule has 1 aromatic rings. The number of aryl methyl sites for hydroxylation is 1. The highest BCUT2D eigenvalue weighted by Gasteiger charge is 2.25. The first-order chi connectivity index (χ1) is 9.61. The molecule has 0 aromatic heterocycles. The highest BCUT2D eigenvalue weighted by Crippen LogP contribution is 2.26. The van der Waals surface area contributed by atoms with E-state index in [1.54, 1.807) is 13.0 Å². The predicted molar refractivity (Wildman–Crippen MR) is 78.0 cm³/mol. The molecule has 3 nitrogen and oxygen atoms in total. The number of nitrogens with two attached hydrogens (primary N) is 1. The molecule has 1 aromatic carbocycles. The van der Waals surface area contributed by atoms with Gasteiger partial charge in [0, 0.05) is 12.6 Å². The van der Waals surface area contributed by atoms with Crippen molar-refractivity contribution in [2.24, 2.45) is 11.7 Å². The van der Waals surface area contributed by atoms with Crippen molar-refractivity contribution in [3.8, 4) is 0 Å². The number of carbonyl (C=O) groups excluding carboxylic acids is 1. The highest BCUT2D eigenvalue weighted by atomic mass is 19.1. The summed E-state index contributed by atoms with van der Waals surface area (Å²) in [6.07, 6.45) is 5.83. The smallest absolute Gasteiger partial charge is 0.254 e. The van der Waals surface area contributed by atoms with Gasteiger partial charge in [0.25, 0.3) is 5.91 Å². The quantitative estimate of drug-likeness (QED) is 0.889. The van der Waals surface area contributed by atoms with Crippen LogP contribution in [0.2, 0.25) is 0 Å². The van der Waals surface area contributed by atoms with E-state index in [1.807, 2.05) is 0 Å². The lowest BCUT2D eigenvalue weighted by Crippen LogP contribution is -2.46. The third kappa shape index (κ3) is 3.57. The monoisotopic (exact) mass is 278 g/mol. The molecule has 0 spiro atoms. The van der Waals surface area contributed by atoms with E-state index >= 15 is 0 Å². The first-order valence-electron chi connectivity index (χ1n) is 7.39. The largest absolute Gasteiger partial charge is 0.348 e. The first kappa shape index (κ1) is 15.0. The van der Waals surface area contributed by atoms with Crippen molar-refractivity contribution in [3.63, 3.8) is 0 Å². The fourth-order valence-corrected chi connectivity index (χ4v) is 2.96. The summed E-state index contributed by atoms with van der Waals surface area (Å²) < 4.78 is 13.8. The molecule has 20 heavy (non-hydrogen) atoms. The van der Waals surface area contributed by atoms with E-state index in [9.17, 15) is 9.18 Å². The lowest BCUT2D eigenvalue weighted by atomic mass is 9.84. The summed E-state index contributed by atoms with van der Waals surface area (Å²) in [5.74, 6) is -0.406. The summed E-state index contributed by atoms with van der Waals surface area (Å²) in [6, 6.07) is 4.61. The summed E-state index contributed by atoms with van der Waals surface area (Å²) in [6.45, 7) is 2.21. The van der Waals surface area contributed by atoms with Crippen molar-refractivity contribution < 1.29 is 9.18 Å². The molecule has 1 fully saturated rings. The third-order valence-corrected chi connectivity index (χ3v) is 4.16. The Hall–Kier alpha value is -1.42. The molecule has 0 bridgehead atoms. The Morgan fingerprint density at radius 3 is 2.70 bits per heavy atom. The third-order valence-electron chi connectivity index (χ3n) is 4.16. The van der Waals surface area contributed by atoms with Gasteiger partial charge in [0.2, 0.25) is 0 Å². The average molecular weight is 278 g/mol. The molecule has 110 valence electrons. The van der Waals surface area contributed by atoms with Gasteiger partial charge in [0.15, 0.2) is 0 Å². The zero-order chi connectivity index (χ0) is 14.5. The van der Waals surface area contributed by atoms with Gasteiger partial charge in [-0.3, -0.25) is 4.79 Å². The number of benzene rings is 1.